The van der Waals surface area contributed by atoms with Crippen LogP contribution in [0.15, 0.2) is 0 Å². The van der Waals surface area contributed by atoms with Gasteiger partial charge in [-0.25, -0.2) is 0 Å². The lowest BCUT2D eigenvalue weighted by atomic mass is 9.84. The molecule has 0 aliphatic carbocycles. The van der Waals surface area contributed by atoms with Crippen molar-refractivity contribution >= 4 is 0 Å². The Balaban J connectivity index is 3.23. The van der Waals surface area contributed by atoms with Crippen LogP contribution in [0.2, 0.25) is 0 Å². The van der Waals surface area contributed by atoms with E-state index in [0.29, 0.717) is 5.41 Å². The van der Waals surface area contributed by atoms with E-state index in [0.717, 1.165) is 0 Å². The van der Waals surface area contributed by atoms with Crippen molar-refractivity contribution < 1.29 is 0 Å². The summed E-state index contributed by atoms with van der Waals surface area (Å²) < 4.78 is 0. The molecule has 0 spiro atoms. The van der Waals surface area contributed by atoms with E-state index in [1.54, 1.807) is 0 Å². The van der Waals surface area contributed by atoms with Gasteiger partial charge in [-0.1, -0.05) is 52.9 Å². The molecule has 0 aliphatic rings. The molecule has 0 nitrogen and oxygen atoms in total. The Morgan fingerprint density at radius 3 is 2.18 bits per heavy atom. The van der Waals surface area contributed by atoms with E-state index in [1.807, 2.05) is 0 Å². The first-order valence-electron chi connectivity index (χ1n) is 4.97. The molecule has 0 amide bonds. The fourth-order valence-corrected chi connectivity index (χ4v) is 1.16. The molecule has 0 heterocycles. The molecular weight excluding hydrogens is 132 g/mol. The highest BCUT2D eigenvalue weighted by Crippen LogP contribution is 2.26. The van der Waals surface area contributed by atoms with E-state index in [1.165, 1.54) is 38.5 Å². The average molecular weight is 155 g/mol. The first kappa shape index (κ1) is 11.0. The minimum Gasteiger partial charge on any atom is -0.0654 e. The zero-order chi connectivity index (χ0) is 8.74. The zero-order valence-corrected chi connectivity index (χ0v) is 8.45. The van der Waals surface area contributed by atoms with Gasteiger partial charge in [0.15, 0.2) is 0 Å². The molecule has 0 saturated carbocycles. The van der Waals surface area contributed by atoms with E-state index in [9.17, 15) is 0 Å². The van der Waals surface area contributed by atoms with E-state index >= 15 is 0 Å². The van der Waals surface area contributed by atoms with Gasteiger partial charge in [-0.2, -0.15) is 0 Å². The van der Waals surface area contributed by atoms with Crippen molar-refractivity contribution in [3.63, 3.8) is 0 Å². The fourth-order valence-electron chi connectivity index (χ4n) is 1.16. The monoisotopic (exact) mass is 155 g/mol. The molecule has 0 heteroatoms. The molecule has 11 heavy (non-hydrogen) atoms. The highest BCUT2D eigenvalue weighted by atomic mass is 14.2. The van der Waals surface area contributed by atoms with Crippen LogP contribution in [0.5, 0.6) is 0 Å². The van der Waals surface area contributed by atoms with Gasteiger partial charge in [-0.15, -0.1) is 0 Å². The second kappa shape index (κ2) is 5.62. The number of hydrogen-bond donors (Lipinski definition) is 0. The lowest BCUT2D eigenvalue weighted by Crippen LogP contribution is -2.09. The summed E-state index contributed by atoms with van der Waals surface area (Å²) in [5.74, 6) is 0. The van der Waals surface area contributed by atoms with Gasteiger partial charge in [0, 0.05) is 0 Å². The van der Waals surface area contributed by atoms with Crippen LogP contribution in [0.3, 0.4) is 0 Å². The molecule has 0 fully saturated rings. The standard InChI is InChI=1S/C11H23/c1-5-7-8-9-10-11(3,4)6-2/h3,5-10H2,1-2,4H3. The Morgan fingerprint density at radius 1 is 1.09 bits per heavy atom. The molecule has 67 valence electrons. The maximum atomic E-state index is 4.19. The highest BCUT2D eigenvalue weighted by Gasteiger charge is 2.13. The molecule has 0 rings (SSSR count). The molecule has 0 aromatic carbocycles. The summed E-state index contributed by atoms with van der Waals surface area (Å²) in [5.41, 5.74) is 0.341. The van der Waals surface area contributed by atoms with Crippen molar-refractivity contribution in [2.45, 2.75) is 59.3 Å². The van der Waals surface area contributed by atoms with Gasteiger partial charge in [0.25, 0.3) is 0 Å². The normalized spacial score (nSPS) is 12.0. The van der Waals surface area contributed by atoms with Gasteiger partial charge in [0.1, 0.15) is 0 Å². The van der Waals surface area contributed by atoms with E-state index in [2.05, 4.69) is 27.7 Å². The summed E-state index contributed by atoms with van der Waals surface area (Å²) >= 11 is 0. The molecule has 0 aromatic rings. The highest BCUT2D eigenvalue weighted by molar-refractivity contribution is 4.74. The maximum absolute atomic E-state index is 4.19. The van der Waals surface area contributed by atoms with Gasteiger partial charge < -0.3 is 0 Å². The zero-order valence-electron chi connectivity index (χ0n) is 8.45. The van der Waals surface area contributed by atoms with Gasteiger partial charge in [-0.05, 0) is 18.8 Å². The Hall–Kier alpha value is 0. The van der Waals surface area contributed by atoms with Crippen molar-refractivity contribution in [1.29, 1.82) is 0 Å². The second-order valence-electron chi connectivity index (χ2n) is 3.97. The minimum atomic E-state index is 0.341. The van der Waals surface area contributed by atoms with Crippen molar-refractivity contribution in [3.05, 3.63) is 6.92 Å². The summed E-state index contributed by atoms with van der Waals surface area (Å²) in [6, 6.07) is 0. The molecule has 1 atom stereocenters. The van der Waals surface area contributed by atoms with Gasteiger partial charge in [-0.3, -0.25) is 0 Å². The first-order valence-corrected chi connectivity index (χ1v) is 4.97. The van der Waals surface area contributed by atoms with Crippen LogP contribution in [0.1, 0.15) is 59.3 Å². The molecule has 0 aromatic heterocycles. The van der Waals surface area contributed by atoms with Crippen molar-refractivity contribution in [1.82, 2.24) is 0 Å². The van der Waals surface area contributed by atoms with Gasteiger partial charge in [0.05, 0.1) is 0 Å². The van der Waals surface area contributed by atoms with Crippen LogP contribution in [0.25, 0.3) is 0 Å². The van der Waals surface area contributed by atoms with E-state index in [-0.39, 0.29) is 0 Å². The van der Waals surface area contributed by atoms with Crippen LogP contribution < -0.4 is 0 Å². The predicted octanol–water partition coefficient (Wildman–Crippen LogP) is 4.21. The lowest BCUT2D eigenvalue weighted by molar-refractivity contribution is 0.354. The molecule has 0 N–H and O–H groups in total. The summed E-state index contributed by atoms with van der Waals surface area (Å²) in [7, 11) is 0. The summed E-state index contributed by atoms with van der Waals surface area (Å²) in [4.78, 5) is 0. The Labute approximate surface area is 72.4 Å². The van der Waals surface area contributed by atoms with Crippen molar-refractivity contribution in [3.8, 4) is 0 Å². The quantitative estimate of drug-likeness (QED) is 0.504. The summed E-state index contributed by atoms with van der Waals surface area (Å²) in [6.45, 7) is 10.9. The number of unbranched alkanes of at least 4 members (excludes halogenated alkanes) is 3. The van der Waals surface area contributed by atoms with Crippen molar-refractivity contribution in [2.24, 2.45) is 5.41 Å². The first-order chi connectivity index (χ1) is 5.12. The average Bonchev–Trinajstić information content (AvgIpc) is 1.99. The molecule has 0 saturated heterocycles. The Kier molecular flexibility index (Phi) is 5.62. The van der Waals surface area contributed by atoms with Crippen LogP contribution in [-0.4, -0.2) is 0 Å². The third kappa shape index (κ3) is 6.40. The van der Waals surface area contributed by atoms with Crippen LogP contribution in [0.4, 0.5) is 0 Å². The summed E-state index contributed by atoms with van der Waals surface area (Å²) in [5, 5.41) is 0. The smallest absolute Gasteiger partial charge is 0.0328 e. The largest absolute Gasteiger partial charge is 0.0654 e. The molecule has 0 bridgehead atoms. The molecular formula is C11H23. The van der Waals surface area contributed by atoms with Crippen LogP contribution >= 0.6 is 0 Å². The second-order valence-corrected chi connectivity index (χ2v) is 3.97. The van der Waals surface area contributed by atoms with Crippen LogP contribution in [-0.2, 0) is 0 Å². The summed E-state index contributed by atoms with van der Waals surface area (Å²) in [6.07, 6.45) is 7.98. The van der Waals surface area contributed by atoms with Crippen LogP contribution in [0, 0.1) is 12.3 Å². The third-order valence-electron chi connectivity index (χ3n) is 2.49. The number of rotatable bonds is 6. The minimum absolute atomic E-state index is 0.341. The molecule has 1 unspecified atom stereocenters. The predicted molar refractivity (Wildman–Crippen MR) is 52.5 cm³/mol. The molecule has 1 radical (unpaired) electrons. The van der Waals surface area contributed by atoms with E-state index in [4.69, 9.17) is 0 Å². The molecule has 0 aliphatic heterocycles. The lowest BCUT2D eigenvalue weighted by Gasteiger charge is -2.21. The van der Waals surface area contributed by atoms with E-state index < -0.39 is 0 Å². The maximum Gasteiger partial charge on any atom is -0.0328 e. The number of hydrogen-bond acceptors (Lipinski definition) is 0. The SMILES string of the molecule is [CH2]C(C)(CC)CCCCCC. The third-order valence-corrected chi connectivity index (χ3v) is 2.49. The topological polar surface area (TPSA) is 0 Å². The van der Waals surface area contributed by atoms with Gasteiger partial charge >= 0.3 is 0 Å². The van der Waals surface area contributed by atoms with Gasteiger partial charge in [0.2, 0.25) is 0 Å². The fraction of sp³-hybridized carbons (Fsp3) is 0.909. The van der Waals surface area contributed by atoms with Crippen molar-refractivity contribution in [2.75, 3.05) is 0 Å². The Bertz CT molecular complexity index is 82.0. The Morgan fingerprint density at radius 2 is 1.73 bits per heavy atom.